The summed E-state index contributed by atoms with van der Waals surface area (Å²) in [6.45, 7) is 6.46. The highest BCUT2D eigenvalue weighted by Crippen LogP contribution is 2.18. The molecule has 0 spiro atoms. The molecule has 0 N–H and O–H groups in total. The van der Waals surface area contributed by atoms with Crippen LogP contribution in [0, 0.1) is 0 Å². The lowest BCUT2D eigenvalue weighted by Gasteiger charge is -2.18. The van der Waals surface area contributed by atoms with Crippen molar-refractivity contribution in [2.75, 3.05) is 13.2 Å². The van der Waals surface area contributed by atoms with Gasteiger partial charge in [-0.15, -0.1) is 0 Å². The second kappa shape index (κ2) is 68.1. The van der Waals surface area contributed by atoms with Crippen molar-refractivity contribution >= 4 is 17.9 Å². The second-order valence-electron chi connectivity index (χ2n) is 23.1. The SMILES string of the molecule is CC/C=C\C/C=C\C/C=C\C/C=C\C/C=C\CC(=O)OCC(COC(=O)CCCCCCCCCCCCCCCCCCCCCCCCCCCCCCC)OC(=O)CCCCCCCCC/C=C\C/C=C\CCCCCC. The van der Waals surface area contributed by atoms with Gasteiger partial charge in [-0.3, -0.25) is 14.4 Å². The predicted octanol–water partition coefficient (Wildman–Crippen LogP) is 23.8. The molecule has 0 bridgehead atoms. The van der Waals surface area contributed by atoms with Gasteiger partial charge in [0.25, 0.3) is 0 Å². The third-order valence-electron chi connectivity index (χ3n) is 15.2. The van der Waals surface area contributed by atoms with E-state index in [4.69, 9.17) is 14.2 Å². The Balaban J connectivity index is 4.29. The minimum Gasteiger partial charge on any atom is -0.462 e. The number of carbonyl (C=O) groups excluding carboxylic acids is 3. The van der Waals surface area contributed by atoms with E-state index in [2.05, 4.69) is 93.7 Å². The van der Waals surface area contributed by atoms with Crippen molar-refractivity contribution in [3.63, 3.8) is 0 Å². The van der Waals surface area contributed by atoms with Crippen LogP contribution in [-0.2, 0) is 28.6 Å². The van der Waals surface area contributed by atoms with Gasteiger partial charge in [0.05, 0.1) is 6.42 Å². The van der Waals surface area contributed by atoms with E-state index >= 15 is 0 Å². The van der Waals surface area contributed by atoms with E-state index in [0.717, 1.165) is 83.5 Å². The van der Waals surface area contributed by atoms with E-state index in [0.29, 0.717) is 12.8 Å². The fourth-order valence-corrected chi connectivity index (χ4v) is 10.0. The van der Waals surface area contributed by atoms with Crippen LogP contribution in [0.2, 0.25) is 0 Å². The Kier molecular flexibility index (Phi) is 65.2. The van der Waals surface area contributed by atoms with Crippen LogP contribution < -0.4 is 0 Å². The molecule has 1 unspecified atom stereocenters. The van der Waals surface area contributed by atoms with Gasteiger partial charge in [0, 0.05) is 12.8 Å². The van der Waals surface area contributed by atoms with E-state index < -0.39 is 12.1 Å². The summed E-state index contributed by atoms with van der Waals surface area (Å²) in [4.78, 5) is 38.3. The molecule has 0 amide bonds. The Bertz CT molecular complexity index is 1520. The maximum atomic E-state index is 12.9. The molecule has 0 aliphatic rings. The number of rotatable bonds is 63. The molecular weight excluding hydrogens is 985 g/mol. The summed E-state index contributed by atoms with van der Waals surface area (Å²) in [5.74, 6) is -1.03. The van der Waals surface area contributed by atoms with E-state index in [-0.39, 0.29) is 31.6 Å². The smallest absolute Gasteiger partial charge is 0.309 e. The standard InChI is InChI=1S/C74H130O6/c1-4-7-10-13-16-19-22-25-28-30-32-33-34-35-36-37-38-39-40-41-42-44-46-49-52-55-58-61-64-67-73(76)79-70-71(69-78-72(75)66-63-60-57-54-51-48-45-27-24-21-18-15-12-9-6-3)80-74(77)68-65-62-59-56-53-50-47-43-31-29-26-23-20-17-14-11-8-5-2/h9,12,18,20-21,23,27,29,31,45,51,54,60,63,71H,4-8,10-11,13-17,19,22,24-26,28,30,32-44,46-50,52-53,55-59,61-62,64-70H2,1-3H3/b12-9-,21-18-,23-20-,31-29-,45-27-,54-51-,63-60-. The third kappa shape index (κ3) is 65.4. The summed E-state index contributed by atoms with van der Waals surface area (Å²) >= 11 is 0. The molecule has 0 aromatic rings. The maximum Gasteiger partial charge on any atom is 0.309 e. The molecule has 6 nitrogen and oxygen atoms in total. The lowest BCUT2D eigenvalue weighted by atomic mass is 10.0. The number of hydrogen-bond acceptors (Lipinski definition) is 6. The fraction of sp³-hybridized carbons (Fsp3) is 0.770. The van der Waals surface area contributed by atoms with Crippen molar-refractivity contribution in [1.29, 1.82) is 0 Å². The Morgan fingerprint density at radius 2 is 0.537 bits per heavy atom. The molecule has 0 radical (unpaired) electrons. The summed E-state index contributed by atoms with van der Waals surface area (Å²) in [5.41, 5.74) is 0. The first-order valence-electron chi connectivity index (χ1n) is 34.6. The van der Waals surface area contributed by atoms with Crippen molar-refractivity contribution in [3.05, 3.63) is 85.1 Å². The lowest BCUT2D eigenvalue weighted by molar-refractivity contribution is -0.166. The molecule has 0 aliphatic heterocycles. The third-order valence-corrected chi connectivity index (χ3v) is 15.2. The molecular formula is C74H130O6. The number of carbonyl (C=O) groups is 3. The zero-order chi connectivity index (χ0) is 57.8. The van der Waals surface area contributed by atoms with Gasteiger partial charge in [0.1, 0.15) is 13.2 Å². The van der Waals surface area contributed by atoms with Crippen LogP contribution in [0.15, 0.2) is 85.1 Å². The Hall–Kier alpha value is -3.41. The fourth-order valence-electron chi connectivity index (χ4n) is 10.0. The minimum atomic E-state index is -0.821. The topological polar surface area (TPSA) is 78.9 Å². The summed E-state index contributed by atoms with van der Waals surface area (Å²) in [6, 6.07) is 0. The van der Waals surface area contributed by atoms with Gasteiger partial charge in [-0.1, -0.05) is 337 Å². The normalized spacial score (nSPS) is 12.6. The van der Waals surface area contributed by atoms with E-state index in [9.17, 15) is 14.4 Å². The zero-order valence-electron chi connectivity index (χ0n) is 53.1. The molecule has 6 heteroatoms. The molecule has 0 fully saturated rings. The lowest BCUT2D eigenvalue weighted by Crippen LogP contribution is -2.30. The first kappa shape index (κ1) is 76.6. The van der Waals surface area contributed by atoms with Crippen molar-refractivity contribution in [1.82, 2.24) is 0 Å². The number of esters is 3. The Morgan fingerprint density at radius 1 is 0.275 bits per heavy atom. The molecule has 0 saturated carbocycles. The van der Waals surface area contributed by atoms with Gasteiger partial charge >= 0.3 is 17.9 Å². The summed E-state index contributed by atoms with van der Waals surface area (Å²) in [5, 5.41) is 0. The second-order valence-corrected chi connectivity index (χ2v) is 23.1. The molecule has 1 atom stereocenters. The van der Waals surface area contributed by atoms with Crippen LogP contribution >= 0.6 is 0 Å². The Morgan fingerprint density at radius 3 is 0.887 bits per heavy atom. The number of unbranched alkanes of at least 4 members (excludes halogenated alkanes) is 39. The van der Waals surface area contributed by atoms with Crippen molar-refractivity contribution in [2.45, 2.75) is 354 Å². The molecule has 0 aromatic carbocycles. The molecule has 0 aromatic heterocycles. The van der Waals surface area contributed by atoms with Crippen molar-refractivity contribution < 1.29 is 28.6 Å². The molecule has 462 valence electrons. The molecule has 0 saturated heterocycles. The maximum absolute atomic E-state index is 12.9. The van der Waals surface area contributed by atoms with Crippen LogP contribution in [0.25, 0.3) is 0 Å². The minimum absolute atomic E-state index is 0.107. The van der Waals surface area contributed by atoms with Crippen LogP contribution in [-0.4, -0.2) is 37.2 Å². The van der Waals surface area contributed by atoms with Gasteiger partial charge < -0.3 is 14.2 Å². The van der Waals surface area contributed by atoms with Gasteiger partial charge in [-0.05, 0) is 77.0 Å². The number of ether oxygens (including phenoxy) is 3. The van der Waals surface area contributed by atoms with Gasteiger partial charge in [-0.25, -0.2) is 0 Å². The molecule has 0 heterocycles. The number of hydrogen-bond donors (Lipinski definition) is 0. The molecule has 0 aliphatic carbocycles. The van der Waals surface area contributed by atoms with Crippen LogP contribution in [0.5, 0.6) is 0 Å². The largest absolute Gasteiger partial charge is 0.462 e. The number of allylic oxidation sites excluding steroid dienone is 13. The van der Waals surface area contributed by atoms with E-state index in [1.807, 2.05) is 6.08 Å². The van der Waals surface area contributed by atoms with Crippen LogP contribution in [0.3, 0.4) is 0 Å². The molecule has 0 rings (SSSR count). The highest BCUT2D eigenvalue weighted by Gasteiger charge is 2.19. The monoisotopic (exact) mass is 1110 g/mol. The molecule has 80 heavy (non-hydrogen) atoms. The quantitative estimate of drug-likeness (QED) is 0.0261. The zero-order valence-corrected chi connectivity index (χ0v) is 53.1. The van der Waals surface area contributed by atoms with E-state index in [1.54, 1.807) is 6.08 Å². The van der Waals surface area contributed by atoms with Crippen molar-refractivity contribution in [2.24, 2.45) is 0 Å². The van der Waals surface area contributed by atoms with Crippen LogP contribution in [0.1, 0.15) is 348 Å². The summed E-state index contributed by atoms with van der Waals surface area (Å²) in [6.07, 6.45) is 90.8. The Labute approximate surface area is 496 Å². The summed E-state index contributed by atoms with van der Waals surface area (Å²) in [7, 11) is 0. The van der Waals surface area contributed by atoms with Crippen molar-refractivity contribution in [3.8, 4) is 0 Å². The van der Waals surface area contributed by atoms with Gasteiger partial charge in [-0.2, -0.15) is 0 Å². The summed E-state index contributed by atoms with van der Waals surface area (Å²) < 4.78 is 16.8. The highest BCUT2D eigenvalue weighted by molar-refractivity contribution is 5.72. The predicted molar refractivity (Wildman–Crippen MR) is 348 cm³/mol. The highest BCUT2D eigenvalue weighted by atomic mass is 16.6. The average molecular weight is 1120 g/mol. The van der Waals surface area contributed by atoms with Gasteiger partial charge in [0.2, 0.25) is 0 Å². The van der Waals surface area contributed by atoms with Crippen LogP contribution in [0.4, 0.5) is 0 Å². The first-order valence-corrected chi connectivity index (χ1v) is 34.6. The average Bonchev–Trinajstić information content (AvgIpc) is 3.46. The first-order chi connectivity index (χ1) is 39.5. The van der Waals surface area contributed by atoms with E-state index in [1.165, 1.54) is 225 Å². The van der Waals surface area contributed by atoms with Gasteiger partial charge in [0.15, 0.2) is 6.10 Å².